The van der Waals surface area contributed by atoms with Gasteiger partial charge in [0.05, 0.1) is 10.5 Å². The number of alkyl halides is 3. The highest BCUT2D eigenvalue weighted by Crippen LogP contribution is 2.51. The van der Waals surface area contributed by atoms with Crippen LogP contribution < -0.4 is 0 Å². The van der Waals surface area contributed by atoms with Crippen molar-refractivity contribution < 1.29 is 13.2 Å². The molecule has 1 atom stereocenters. The van der Waals surface area contributed by atoms with Crippen molar-refractivity contribution in [2.75, 3.05) is 0 Å². The second-order valence-corrected chi connectivity index (χ2v) is 6.40. The summed E-state index contributed by atoms with van der Waals surface area (Å²) in [6.07, 6.45) is 3.42. The van der Waals surface area contributed by atoms with E-state index in [4.69, 9.17) is 11.8 Å². The van der Waals surface area contributed by atoms with Gasteiger partial charge in [0.25, 0.3) is 0 Å². The van der Waals surface area contributed by atoms with Crippen molar-refractivity contribution in [2.45, 2.75) is 38.1 Å². The van der Waals surface area contributed by atoms with Crippen molar-refractivity contribution in [2.24, 2.45) is 0 Å². The molecule has 0 saturated heterocycles. The number of thiophene rings is 1. The van der Waals surface area contributed by atoms with E-state index >= 15 is 0 Å². The maximum Gasteiger partial charge on any atom is 0.600 e. The lowest BCUT2D eigenvalue weighted by Gasteiger charge is -2.00. The maximum atomic E-state index is 13.2. The summed E-state index contributed by atoms with van der Waals surface area (Å²) >= 11 is 0. The first-order valence-electron chi connectivity index (χ1n) is 6.37. The van der Waals surface area contributed by atoms with E-state index in [9.17, 15) is 13.2 Å². The molecule has 108 valence electrons. The van der Waals surface area contributed by atoms with Crippen LogP contribution in [0.15, 0.2) is 30.3 Å². The van der Waals surface area contributed by atoms with Gasteiger partial charge in [-0.25, -0.2) is 0 Å². The summed E-state index contributed by atoms with van der Waals surface area (Å²) in [5.41, 5.74) is -4.15. The molecule has 0 amide bonds. The summed E-state index contributed by atoms with van der Waals surface area (Å²) in [6.45, 7) is 6.81. The molecule has 1 aromatic heterocycles. The SMILES string of the molecule is CCCCCc1cc2ccccc2[s+]1C(F)(F)F.[C-]#N. The van der Waals surface area contributed by atoms with Crippen LogP contribution in [0.4, 0.5) is 13.2 Å². The molecule has 1 aromatic carbocycles. The number of hydrogen-bond donors (Lipinski definition) is 0. The number of rotatable bonds is 4. The van der Waals surface area contributed by atoms with Crippen molar-refractivity contribution >= 4 is 20.6 Å². The maximum absolute atomic E-state index is 13.2. The summed E-state index contributed by atoms with van der Waals surface area (Å²) in [6, 6.07) is 8.60. The molecule has 1 nitrogen and oxygen atoms in total. The second-order valence-electron chi connectivity index (χ2n) is 4.36. The van der Waals surface area contributed by atoms with Gasteiger partial charge in [-0.15, -0.1) is 13.2 Å². The van der Waals surface area contributed by atoms with E-state index in [1.165, 1.54) is 0 Å². The summed E-state index contributed by atoms with van der Waals surface area (Å²) in [5.74, 6) is 0. The highest BCUT2D eigenvalue weighted by atomic mass is 32.2. The van der Waals surface area contributed by atoms with E-state index in [-0.39, 0.29) is 0 Å². The van der Waals surface area contributed by atoms with Crippen molar-refractivity contribution in [1.82, 2.24) is 0 Å². The van der Waals surface area contributed by atoms with Crippen LogP contribution in [0.25, 0.3) is 10.1 Å². The first kappa shape index (κ1) is 16.5. The van der Waals surface area contributed by atoms with Gasteiger partial charge in [-0.1, -0.05) is 31.9 Å². The Hall–Kier alpha value is -1.54. The van der Waals surface area contributed by atoms with Crippen LogP contribution in [0.3, 0.4) is 0 Å². The molecule has 1 heterocycles. The minimum absolute atomic E-state index is 0.441. The third-order valence-electron chi connectivity index (χ3n) is 2.98. The Morgan fingerprint density at radius 1 is 1.15 bits per heavy atom. The van der Waals surface area contributed by atoms with E-state index in [1.54, 1.807) is 30.3 Å². The van der Waals surface area contributed by atoms with Gasteiger partial charge in [0.1, 0.15) is 0 Å². The zero-order valence-corrected chi connectivity index (χ0v) is 12.0. The molecule has 0 aliphatic carbocycles. The topological polar surface area (TPSA) is 23.8 Å². The Labute approximate surface area is 119 Å². The molecule has 2 rings (SSSR count). The smallest absolute Gasteiger partial charge is 0.512 e. The molecule has 0 saturated carbocycles. The van der Waals surface area contributed by atoms with Gasteiger partial charge >= 0.3 is 5.51 Å². The third-order valence-corrected chi connectivity index (χ3v) is 5.10. The lowest BCUT2D eigenvalue weighted by atomic mass is 10.1. The van der Waals surface area contributed by atoms with Crippen molar-refractivity contribution in [3.63, 3.8) is 0 Å². The second kappa shape index (κ2) is 7.30. The highest BCUT2D eigenvalue weighted by molar-refractivity contribution is 7.38. The van der Waals surface area contributed by atoms with Crippen LogP contribution in [-0.2, 0) is 11.9 Å². The lowest BCUT2D eigenvalue weighted by molar-refractivity contribution is -0.0867. The van der Waals surface area contributed by atoms with Gasteiger partial charge in [0, 0.05) is 17.9 Å². The fourth-order valence-corrected chi connectivity index (χ4v) is 4.16. The number of fused-ring (bicyclic) bond motifs is 1. The van der Waals surface area contributed by atoms with Crippen LogP contribution in [0, 0.1) is 11.8 Å². The normalized spacial score (nSPS) is 12.0. The average Bonchev–Trinajstić information content (AvgIpc) is 2.79. The minimum Gasteiger partial charge on any atom is -0.512 e. The standard InChI is InChI=1S/C14H16F3S.CN/c1-2-3-4-8-12-10-11-7-5-6-9-13(11)18(12)14(15,16)17;1-2/h5-7,9-10H,2-4,8H2,1H3;/q+1;-1. The molecule has 0 radical (unpaired) electrons. The Balaban J connectivity index is 0.000000956. The Morgan fingerprint density at radius 3 is 2.40 bits per heavy atom. The fourth-order valence-electron chi connectivity index (χ4n) is 2.16. The molecular weight excluding hydrogens is 283 g/mol. The van der Waals surface area contributed by atoms with Gasteiger partial charge < -0.3 is 11.8 Å². The number of aryl methyl sites for hydroxylation is 1. The number of unbranched alkanes of at least 4 members (excludes halogenated alkanes) is 2. The van der Waals surface area contributed by atoms with Gasteiger partial charge in [-0.05, 0) is 18.6 Å². The minimum atomic E-state index is -4.15. The summed E-state index contributed by atoms with van der Waals surface area (Å²) < 4.78 is 40.0. The lowest BCUT2D eigenvalue weighted by Crippen LogP contribution is -1.98. The first-order chi connectivity index (χ1) is 9.54. The average molecular weight is 299 g/mol. The summed E-state index contributed by atoms with van der Waals surface area (Å²) in [4.78, 5) is 0.553. The first-order valence-corrected chi connectivity index (χ1v) is 7.59. The Morgan fingerprint density at radius 2 is 1.80 bits per heavy atom. The zero-order chi connectivity index (χ0) is 15.2. The van der Waals surface area contributed by atoms with Crippen LogP contribution >= 0.6 is 10.5 Å². The van der Waals surface area contributed by atoms with Gasteiger partial charge in [-0.3, -0.25) is 0 Å². The number of halogens is 3. The largest absolute Gasteiger partial charge is 0.600 e. The molecule has 2 aromatic rings. The summed E-state index contributed by atoms with van der Waals surface area (Å²) in [7, 11) is -1.70. The third kappa shape index (κ3) is 3.73. The molecule has 0 aliphatic heterocycles. The molecular formula is C15H16F3NS. The van der Waals surface area contributed by atoms with E-state index in [0.29, 0.717) is 16.0 Å². The molecule has 1 unspecified atom stereocenters. The number of hydrogen-bond acceptors (Lipinski definition) is 1. The molecule has 5 heteroatoms. The van der Waals surface area contributed by atoms with Crippen LogP contribution in [0.1, 0.15) is 31.1 Å². The van der Waals surface area contributed by atoms with Gasteiger partial charge in [0.15, 0.2) is 9.58 Å². The molecule has 20 heavy (non-hydrogen) atoms. The fraction of sp³-hybridized carbons (Fsp3) is 0.400. The Kier molecular flexibility index (Phi) is 6.03. The molecule has 0 N–H and O–H groups in total. The predicted molar refractivity (Wildman–Crippen MR) is 75.9 cm³/mol. The van der Waals surface area contributed by atoms with Crippen molar-refractivity contribution in [3.05, 3.63) is 41.8 Å². The predicted octanol–water partition coefficient (Wildman–Crippen LogP) is 5.89. The Bertz CT molecular complexity index is 569. The van der Waals surface area contributed by atoms with Crippen molar-refractivity contribution in [3.8, 4) is 0 Å². The van der Waals surface area contributed by atoms with Crippen LogP contribution in [-0.4, -0.2) is 0 Å². The van der Waals surface area contributed by atoms with E-state index < -0.39 is 16.0 Å². The van der Waals surface area contributed by atoms with E-state index in [0.717, 1.165) is 24.6 Å². The van der Waals surface area contributed by atoms with E-state index in [1.807, 2.05) is 0 Å². The van der Waals surface area contributed by atoms with E-state index in [2.05, 4.69) is 6.92 Å². The molecule has 0 bridgehead atoms. The molecule has 0 fully saturated rings. The van der Waals surface area contributed by atoms with Crippen molar-refractivity contribution in [1.29, 1.82) is 5.26 Å². The number of nitrogens with zero attached hydrogens (tertiary/aromatic N) is 1. The molecule has 0 spiro atoms. The highest BCUT2D eigenvalue weighted by Gasteiger charge is 2.47. The van der Waals surface area contributed by atoms with Crippen LogP contribution in [0.5, 0.6) is 0 Å². The quantitative estimate of drug-likeness (QED) is 0.392. The van der Waals surface area contributed by atoms with Gasteiger partial charge in [0.2, 0.25) is 0 Å². The van der Waals surface area contributed by atoms with Crippen LogP contribution in [0.2, 0.25) is 0 Å². The zero-order valence-electron chi connectivity index (χ0n) is 11.2. The number of benzene rings is 1. The van der Waals surface area contributed by atoms with Gasteiger partial charge in [-0.2, -0.15) is 0 Å². The molecule has 0 aliphatic rings. The monoisotopic (exact) mass is 299 g/mol. The summed E-state index contributed by atoms with van der Waals surface area (Å²) in [5, 5.41) is 6.99.